The van der Waals surface area contributed by atoms with Crippen LogP contribution in [0, 0.1) is 19.8 Å². The van der Waals surface area contributed by atoms with Gasteiger partial charge in [0.2, 0.25) is 0 Å². The Labute approximate surface area is 218 Å². The van der Waals surface area contributed by atoms with Crippen LogP contribution in [0.2, 0.25) is 5.02 Å². The van der Waals surface area contributed by atoms with Gasteiger partial charge in [-0.25, -0.2) is 4.98 Å². The van der Waals surface area contributed by atoms with Crippen LogP contribution < -0.4 is 4.74 Å². The van der Waals surface area contributed by atoms with E-state index in [1.54, 1.807) is 7.11 Å². The predicted octanol–water partition coefficient (Wildman–Crippen LogP) is 8.05. The molecule has 1 fully saturated rings. The van der Waals surface area contributed by atoms with Gasteiger partial charge in [-0.2, -0.15) is 13.2 Å². The van der Waals surface area contributed by atoms with Gasteiger partial charge >= 0.3 is 6.18 Å². The van der Waals surface area contributed by atoms with E-state index in [-0.39, 0.29) is 18.9 Å². The first-order valence-corrected chi connectivity index (χ1v) is 12.9. The highest BCUT2D eigenvalue weighted by Gasteiger charge is 2.42. The monoisotopic (exact) mass is 531 g/mol. The van der Waals surface area contributed by atoms with E-state index >= 15 is 0 Å². The fourth-order valence-electron chi connectivity index (χ4n) is 5.57. The summed E-state index contributed by atoms with van der Waals surface area (Å²) in [5.74, 6) is 0.993. The Morgan fingerprint density at radius 2 is 1.81 bits per heavy atom. The lowest BCUT2D eigenvalue weighted by molar-refractivity contribution is -0.183. The SMILES string of the molecule is COc1ccc(CCc2nc3cc(-c4c(C)noc4C)ccc3n2C2CCC(C(F)(F)F)CC2)cc1Cl. The van der Waals surface area contributed by atoms with Gasteiger partial charge in [0.15, 0.2) is 0 Å². The van der Waals surface area contributed by atoms with E-state index in [0.717, 1.165) is 45.0 Å². The van der Waals surface area contributed by atoms with Gasteiger partial charge in [-0.3, -0.25) is 0 Å². The summed E-state index contributed by atoms with van der Waals surface area (Å²) in [4.78, 5) is 4.99. The zero-order valence-corrected chi connectivity index (χ0v) is 21.8. The third-order valence-electron chi connectivity index (χ3n) is 7.46. The Balaban J connectivity index is 1.50. The molecule has 2 heterocycles. The summed E-state index contributed by atoms with van der Waals surface area (Å²) in [7, 11) is 1.58. The number of methoxy groups -OCH3 is 1. The predicted molar refractivity (Wildman–Crippen MR) is 137 cm³/mol. The highest BCUT2D eigenvalue weighted by atomic mass is 35.5. The molecule has 37 heavy (non-hydrogen) atoms. The zero-order valence-electron chi connectivity index (χ0n) is 21.0. The molecule has 1 aliphatic rings. The van der Waals surface area contributed by atoms with Gasteiger partial charge < -0.3 is 13.8 Å². The molecule has 0 aliphatic heterocycles. The number of ether oxygens (including phenoxy) is 1. The van der Waals surface area contributed by atoms with Crippen LogP contribution in [0.3, 0.4) is 0 Å². The van der Waals surface area contributed by atoms with Crippen LogP contribution >= 0.6 is 11.6 Å². The Morgan fingerprint density at radius 1 is 1.05 bits per heavy atom. The molecule has 1 aliphatic carbocycles. The van der Waals surface area contributed by atoms with E-state index < -0.39 is 12.1 Å². The summed E-state index contributed by atoms with van der Waals surface area (Å²) >= 11 is 6.32. The van der Waals surface area contributed by atoms with Gasteiger partial charge in [-0.05, 0) is 81.3 Å². The molecular formula is C28H29ClF3N3O2. The topological polar surface area (TPSA) is 53.1 Å². The van der Waals surface area contributed by atoms with Gasteiger partial charge in [0.25, 0.3) is 0 Å². The van der Waals surface area contributed by atoms with Crippen molar-refractivity contribution in [3.05, 3.63) is 64.3 Å². The smallest absolute Gasteiger partial charge is 0.391 e. The first-order chi connectivity index (χ1) is 17.7. The van der Waals surface area contributed by atoms with E-state index in [0.29, 0.717) is 36.5 Å². The second-order valence-electron chi connectivity index (χ2n) is 9.82. The summed E-state index contributed by atoms with van der Waals surface area (Å²) < 4.78 is 52.8. The van der Waals surface area contributed by atoms with Crippen LogP contribution in [0.5, 0.6) is 5.75 Å². The molecule has 0 N–H and O–H groups in total. The van der Waals surface area contributed by atoms with Gasteiger partial charge in [-0.1, -0.05) is 28.9 Å². The van der Waals surface area contributed by atoms with Gasteiger partial charge in [0, 0.05) is 18.0 Å². The summed E-state index contributed by atoms with van der Waals surface area (Å²) in [5, 5.41) is 4.61. The number of aromatic nitrogens is 3. The average molecular weight is 532 g/mol. The summed E-state index contributed by atoms with van der Waals surface area (Å²) in [6.45, 7) is 3.78. The third kappa shape index (κ3) is 5.08. The largest absolute Gasteiger partial charge is 0.495 e. The van der Waals surface area contributed by atoms with Crippen molar-refractivity contribution >= 4 is 22.6 Å². The first-order valence-electron chi connectivity index (χ1n) is 12.5. The molecule has 0 radical (unpaired) electrons. The molecule has 2 aromatic heterocycles. The van der Waals surface area contributed by atoms with Gasteiger partial charge in [0.1, 0.15) is 17.3 Å². The third-order valence-corrected chi connectivity index (χ3v) is 7.76. The molecule has 0 amide bonds. The van der Waals surface area contributed by atoms with Crippen LogP contribution in [0.15, 0.2) is 40.9 Å². The van der Waals surface area contributed by atoms with E-state index in [9.17, 15) is 13.2 Å². The van der Waals surface area contributed by atoms with Crippen LogP contribution in [-0.4, -0.2) is 28.0 Å². The normalized spacial score (nSPS) is 18.5. The molecule has 0 atom stereocenters. The van der Waals surface area contributed by atoms with Crippen molar-refractivity contribution in [3.63, 3.8) is 0 Å². The molecular weight excluding hydrogens is 503 g/mol. The van der Waals surface area contributed by atoms with Crippen molar-refractivity contribution in [2.24, 2.45) is 5.92 Å². The lowest BCUT2D eigenvalue weighted by Crippen LogP contribution is -2.29. The van der Waals surface area contributed by atoms with Crippen molar-refractivity contribution in [2.75, 3.05) is 7.11 Å². The van der Waals surface area contributed by atoms with Crippen molar-refractivity contribution in [1.82, 2.24) is 14.7 Å². The van der Waals surface area contributed by atoms with Crippen molar-refractivity contribution in [3.8, 4) is 16.9 Å². The minimum atomic E-state index is -4.14. The molecule has 0 bridgehead atoms. The molecule has 196 valence electrons. The average Bonchev–Trinajstić information content (AvgIpc) is 3.40. The maximum Gasteiger partial charge on any atom is 0.391 e. The van der Waals surface area contributed by atoms with Gasteiger partial charge in [0.05, 0.1) is 34.8 Å². The van der Waals surface area contributed by atoms with Gasteiger partial charge in [-0.15, -0.1) is 0 Å². The number of hydrogen-bond donors (Lipinski definition) is 0. The molecule has 4 aromatic rings. The fraction of sp³-hybridized carbons (Fsp3) is 0.429. The Morgan fingerprint density at radius 3 is 2.43 bits per heavy atom. The number of hydrogen-bond acceptors (Lipinski definition) is 4. The molecule has 0 unspecified atom stereocenters. The van der Waals surface area contributed by atoms with Crippen LogP contribution in [0.25, 0.3) is 22.2 Å². The van der Waals surface area contributed by atoms with Crippen LogP contribution in [0.1, 0.15) is 54.6 Å². The van der Waals surface area contributed by atoms with E-state index in [4.69, 9.17) is 25.8 Å². The molecule has 5 rings (SSSR count). The Kier molecular flexibility index (Phi) is 6.96. The number of imidazole rings is 1. The minimum Gasteiger partial charge on any atom is -0.495 e. The number of fused-ring (bicyclic) bond motifs is 1. The second kappa shape index (κ2) is 10.0. The number of halogens is 4. The number of rotatable bonds is 6. The number of benzene rings is 2. The number of nitrogens with zero attached hydrogens (tertiary/aromatic N) is 3. The van der Waals surface area contributed by atoms with Crippen molar-refractivity contribution in [2.45, 2.75) is 64.6 Å². The Hall–Kier alpha value is -3.00. The van der Waals surface area contributed by atoms with Crippen molar-refractivity contribution in [1.29, 1.82) is 0 Å². The molecule has 2 aromatic carbocycles. The maximum absolute atomic E-state index is 13.3. The molecule has 0 spiro atoms. The highest BCUT2D eigenvalue weighted by molar-refractivity contribution is 6.32. The fourth-order valence-corrected chi connectivity index (χ4v) is 5.85. The number of alkyl halides is 3. The minimum absolute atomic E-state index is 0.0250. The van der Waals surface area contributed by atoms with E-state index in [2.05, 4.69) is 9.72 Å². The lowest BCUT2D eigenvalue weighted by Gasteiger charge is -2.31. The van der Waals surface area contributed by atoms with E-state index in [1.165, 1.54) is 0 Å². The van der Waals surface area contributed by atoms with Crippen molar-refractivity contribution < 1.29 is 22.4 Å². The summed E-state index contributed by atoms with van der Waals surface area (Å²) in [5.41, 5.74) is 5.51. The summed E-state index contributed by atoms with van der Waals surface area (Å²) in [6.07, 6.45) is -1.58. The number of aryl methyl sites for hydroxylation is 4. The first kappa shape index (κ1) is 25.6. The second-order valence-corrected chi connectivity index (χ2v) is 10.2. The molecule has 9 heteroatoms. The highest BCUT2D eigenvalue weighted by Crippen LogP contribution is 2.43. The lowest BCUT2D eigenvalue weighted by atomic mass is 9.85. The molecule has 5 nitrogen and oxygen atoms in total. The summed E-state index contributed by atoms with van der Waals surface area (Å²) in [6, 6.07) is 11.7. The quantitative estimate of drug-likeness (QED) is 0.252. The van der Waals surface area contributed by atoms with Crippen LogP contribution in [0.4, 0.5) is 13.2 Å². The molecule has 0 saturated heterocycles. The zero-order chi connectivity index (χ0) is 26.3. The van der Waals surface area contributed by atoms with Crippen LogP contribution in [-0.2, 0) is 12.8 Å². The van der Waals surface area contributed by atoms with E-state index in [1.807, 2.05) is 50.2 Å². The maximum atomic E-state index is 13.3. The standard InChI is InChI=1S/C28H29ClF3N3O2/c1-16-27(17(2)37-34-16)19-6-11-24-23(15-19)33-26(13-5-18-4-12-25(36-3)22(29)14-18)35(24)21-9-7-20(8-10-21)28(30,31)32/h4,6,11-12,14-15,20-21H,5,7-10,13H2,1-3H3. The Bertz CT molecular complexity index is 1400. The molecule has 1 saturated carbocycles.